The molecule has 0 spiro atoms. The maximum absolute atomic E-state index is 12.7. The molecule has 3 aromatic rings. The first-order valence-electron chi connectivity index (χ1n) is 9.51. The smallest absolute Gasteiger partial charge is 0.253 e. The third-order valence-corrected chi connectivity index (χ3v) is 5.29. The maximum Gasteiger partial charge on any atom is 0.253 e. The van der Waals surface area contributed by atoms with Crippen molar-refractivity contribution in [2.45, 2.75) is 20.4 Å². The monoisotopic (exact) mass is 469 g/mol. The van der Waals surface area contributed by atoms with E-state index in [4.69, 9.17) is 4.74 Å². The average molecular weight is 470 g/mol. The number of carbonyl (C=O) groups excluding carboxylic acids is 2. The summed E-state index contributed by atoms with van der Waals surface area (Å²) in [6.45, 7) is 4.14. The SMILES string of the molecule is COc1ccc(CNC(=O)CNC(=O)c2cc(C)n(-c3cccc(Br)c3)c2C)cc1. The number of aryl methyl sites for hydroxylation is 1. The van der Waals surface area contributed by atoms with Gasteiger partial charge < -0.3 is 19.9 Å². The third kappa shape index (κ3) is 5.10. The molecule has 0 fully saturated rings. The second-order valence-corrected chi connectivity index (χ2v) is 7.82. The number of carbonyl (C=O) groups is 2. The summed E-state index contributed by atoms with van der Waals surface area (Å²) < 4.78 is 8.10. The predicted octanol–water partition coefficient (Wildman–Crippen LogP) is 3.91. The van der Waals surface area contributed by atoms with Crippen LogP contribution in [0.5, 0.6) is 5.75 Å². The van der Waals surface area contributed by atoms with Gasteiger partial charge in [0.15, 0.2) is 0 Å². The number of amides is 2. The Morgan fingerprint density at radius 1 is 1.03 bits per heavy atom. The lowest BCUT2D eigenvalue weighted by Crippen LogP contribution is -2.36. The Morgan fingerprint density at radius 2 is 1.77 bits per heavy atom. The molecule has 0 radical (unpaired) electrons. The lowest BCUT2D eigenvalue weighted by atomic mass is 10.2. The van der Waals surface area contributed by atoms with Gasteiger partial charge in [0.1, 0.15) is 5.75 Å². The third-order valence-electron chi connectivity index (χ3n) is 4.80. The molecule has 156 valence electrons. The molecule has 6 nitrogen and oxygen atoms in total. The molecule has 2 aromatic carbocycles. The highest BCUT2D eigenvalue weighted by molar-refractivity contribution is 9.10. The summed E-state index contributed by atoms with van der Waals surface area (Å²) in [6.07, 6.45) is 0. The standard InChI is InChI=1S/C23H24BrN3O3/c1-15-11-21(16(2)27(15)19-6-4-5-18(24)12-19)23(29)26-14-22(28)25-13-17-7-9-20(30-3)10-8-17/h4-12H,13-14H2,1-3H3,(H,25,28)(H,26,29). The minimum absolute atomic E-state index is 0.0878. The molecule has 0 aliphatic rings. The highest BCUT2D eigenvalue weighted by Crippen LogP contribution is 2.23. The van der Waals surface area contributed by atoms with Gasteiger partial charge in [-0.1, -0.05) is 34.1 Å². The Kier molecular flexibility index (Phi) is 6.95. The average Bonchev–Trinajstić information content (AvgIpc) is 3.04. The minimum Gasteiger partial charge on any atom is -0.497 e. The van der Waals surface area contributed by atoms with E-state index in [0.717, 1.165) is 32.9 Å². The van der Waals surface area contributed by atoms with Crippen molar-refractivity contribution >= 4 is 27.7 Å². The van der Waals surface area contributed by atoms with Crippen LogP contribution in [0.3, 0.4) is 0 Å². The van der Waals surface area contributed by atoms with Gasteiger partial charge in [0.25, 0.3) is 5.91 Å². The molecule has 1 heterocycles. The molecule has 0 saturated carbocycles. The zero-order valence-electron chi connectivity index (χ0n) is 17.2. The first-order valence-corrected chi connectivity index (χ1v) is 10.3. The van der Waals surface area contributed by atoms with Crippen molar-refractivity contribution in [3.8, 4) is 11.4 Å². The number of nitrogens with one attached hydrogen (secondary N) is 2. The van der Waals surface area contributed by atoms with Crippen LogP contribution in [0.1, 0.15) is 27.3 Å². The molecule has 30 heavy (non-hydrogen) atoms. The van der Waals surface area contributed by atoms with Crippen LogP contribution >= 0.6 is 15.9 Å². The lowest BCUT2D eigenvalue weighted by molar-refractivity contribution is -0.120. The van der Waals surface area contributed by atoms with Crippen LogP contribution in [0.2, 0.25) is 0 Å². The van der Waals surface area contributed by atoms with E-state index in [0.29, 0.717) is 12.1 Å². The van der Waals surface area contributed by atoms with Crippen molar-refractivity contribution in [2.24, 2.45) is 0 Å². The number of nitrogens with zero attached hydrogens (tertiary/aromatic N) is 1. The normalized spacial score (nSPS) is 10.5. The molecule has 0 aliphatic carbocycles. The minimum atomic E-state index is -0.274. The molecule has 0 unspecified atom stereocenters. The van der Waals surface area contributed by atoms with Crippen molar-refractivity contribution in [1.29, 1.82) is 0 Å². The van der Waals surface area contributed by atoms with E-state index < -0.39 is 0 Å². The molecule has 7 heteroatoms. The highest BCUT2D eigenvalue weighted by Gasteiger charge is 2.17. The van der Waals surface area contributed by atoms with Gasteiger partial charge in [0, 0.05) is 28.1 Å². The van der Waals surface area contributed by atoms with Gasteiger partial charge in [-0.15, -0.1) is 0 Å². The fourth-order valence-corrected chi connectivity index (χ4v) is 3.65. The van der Waals surface area contributed by atoms with E-state index in [-0.39, 0.29) is 18.4 Å². The molecule has 0 bridgehead atoms. The number of hydrogen-bond donors (Lipinski definition) is 2. The summed E-state index contributed by atoms with van der Waals surface area (Å²) in [5, 5.41) is 5.51. The van der Waals surface area contributed by atoms with Crippen LogP contribution in [0, 0.1) is 13.8 Å². The number of hydrogen-bond acceptors (Lipinski definition) is 3. The summed E-state index contributed by atoms with van der Waals surface area (Å²) in [5.74, 6) is 0.238. The van der Waals surface area contributed by atoms with Crippen molar-refractivity contribution in [3.05, 3.63) is 81.6 Å². The number of ether oxygens (including phenoxy) is 1. The molecule has 0 atom stereocenters. The summed E-state index contributed by atoms with van der Waals surface area (Å²) in [5.41, 5.74) is 4.24. The van der Waals surface area contributed by atoms with E-state index in [2.05, 4.69) is 26.6 Å². The zero-order valence-corrected chi connectivity index (χ0v) is 18.7. The second kappa shape index (κ2) is 9.63. The van der Waals surface area contributed by atoms with Crippen LogP contribution < -0.4 is 15.4 Å². The number of halogens is 1. The fourth-order valence-electron chi connectivity index (χ4n) is 3.27. The van der Waals surface area contributed by atoms with E-state index >= 15 is 0 Å². The van der Waals surface area contributed by atoms with Crippen LogP contribution in [-0.2, 0) is 11.3 Å². The topological polar surface area (TPSA) is 72.4 Å². The Balaban J connectivity index is 1.59. The van der Waals surface area contributed by atoms with E-state index in [9.17, 15) is 9.59 Å². The molecule has 0 aliphatic heterocycles. The van der Waals surface area contributed by atoms with Crippen molar-refractivity contribution in [3.63, 3.8) is 0 Å². The van der Waals surface area contributed by atoms with Gasteiger partial charge in [0.05, 0.1) is 19.2 Å². The highest BCUT2D eigenvalue weighted by atomic mass is 79.9. The van der Waals surface area contributed by atoms with E-state index in [1.807, 2.05) is 73.0 Å². The van der Waals surface area contributed by atoms with E-state index in [1.54, 1.807) is 7.11 Å². The van der Waals surface area contributed by atoms with Gasteiger partial charge >= 0.3 is 0 Å². The Bertz CT molecular complexity index is 1060. The molecular weight excluding hydrogens is 446 g/mol. The largest absolute Gasteiger partial charge is 0.497 e. The fraction of sp³-hybridized carbons (Fsp3) is 0.217. The predicted molar refractivity (Wildman–Crippen MR) is 120 cm³/mol. The van der Waals surface area contributed by atoms with Gasteiger partial charge in [-0.25, -0.2) is 0 Å². The lowest BCUT2D eigenvalue weighted by Gasteiger charge is -2.11. The molecule has 2 amide bonds. The number of methoxy groups -OCH3 is 1. The van der Waals surface area contributed by atoms with Crippen molar-refractivity contribution in [1.82, 2.24) is 15.2 Å². The summed E-state index contributed by atoms with van der Waals surface area (Å²) in [7, 11) is 1.61. The molecule has 0 saturated heterocycles. The second-order valence-electron chi connectivity index (χ2n) is 6.91. The summed E-state index contributed by atoms with van der Waals surface area (Å²) in [4.78, 5) is 24.8. The first kappa shape index (κ1) is 21.6. The summed E-state index contributed by atoms with van der Waals surface area (Å²) >= 11 is 3.48. The number of aromatic nitrogens is 1. The van der Waals surface area contributed by atoms with Crippen molar-refractivity contribution < 1.29 is 14.3 Å². The Hall–Kier alpha value is -3.06. The van der Waals surface area contributed by atoms with Crippen LogP contribution in [0.15, 0.2) is 59.1 Å². The molecular formula is C23H24BrN3O3. The summed E-state index contributed by atoms with van der Waals surface area (Å²) in [6, 6.07) is 17.2. The molecule has 3 rings (SSSR count). The van der Waals surface area contributed by atoms with E-state index in [1.165, 1.54) is 0 Å². The zero-order chi connectivity index (χ0) is 21.7. The quantitative estimate of drug-likeness (QED) is 0.550. The maximum atomic E-state index is 12.7. The molecule has 1 aromatic heterocycles. The molecule has 2 N–H and O–H groups in total. The van der Waals surface area contributed by atoms with Crippen molar-refractivity contribution in [2.75, 3.05) is 13.7 Å². The van der Waals surface area contributed by atoms with Gasteiger partial charge in [-0.3, -0.25) is 9.59 Å². The number of rotatable bonds is 7. The van der Waals surface area contributed by atoms with Crippen LogP contribution in [0.25, 0.3) is 5.69 Å². The van der Waals surface area contributed by atoms with Gasteiger partial charge in [-0.05, 0) is 55.8 Å². The van der Waals surface area contributed by atoms with Crippen LogP contribution in [-0.4, -0.2) is 30.0 Å². The number of benzene rings is 2. The first-order chi connectivity index (χ1) is 14.4. The van der Waals surface area contributed by atoms with Gasteiger partial charge in [0.2, 0.25) is 5.91 Å². The van der Waals surface area contributed by atoms with Gasteiger partial charge in [-0.2, -0.15) is 0 Å². The Labute approximate surface area is 184 Å². The van der Waals surface area contributed by atoms with Crippen LogP contribution in [0.4, 0.5) is 0 Å². The Morgan fingerprint density at radius 3 is 2.43 bits per heavy atom.